The minimum Gasteiger partial charge on any atom is -0.392 e. The lowest BCUT2D eigenvalue weighted by Gasteiger charge is -2.17. The number of hydrogen-bond donors (Lipinski definition) is 2. The summed E-state index contributed by atoms with van der Waals surface area (Å²) in [5.74, 6) is 0. The first-order chi connectivity index (χ1) is 6.20. The van der Waals surface area contributed by atoms with Crippen LogP contribution in [0.15, 0.2) is 0 Å². The number of rotatable bonds is 8. The molecule has 0 aliphatic carbocycles. The third-order valence-corrected chi connectivity index (χ3v) is 2.00. The van der Waals surface area contributed by atoms with Gasteiger partial charge in [-0.2, -0.15) is 0 Å². The molecular weight excluding hydrogens is 168 g/mol. The number of nitrogens with two attached hydrogens (primary N) is 1. The maximum Gasteiger partial charge on any atom is 0.0674 e. The fraction of sp³-hybridized carbons (Fsp3) is 1.00. The average Bonchev–Trinajstić information content (AvgIpc) is 2.14. The molecule has 0 aromatic rings. The summed E-state index contributed by atoms with van der Waals surface area (Å²) in [5, 5.41) is 9.20. The summed E-state index contributed by atoms with van der Waals surface area (Å²) in [4.78, 5) is 2.18. The molecule has 0 radical (unpaired) electrons. The Morgan fingerprint density at radius 1 is 1.46 bits per heavy atom. The van der Waals surface area contributed by atoms with Crippen LogP contribution in [0.4, 0.5) is 0 Å². The molecule has 4 heteroatoms. The average molecular weight is 190 g/mol. The lowest BCUT2D eigenvalue weighted by molar-refractivity contribution is 0.146. The van der Waals surface area contributed by atoms with E-state index >= 15 is 0 Å². The number of nitrogens with zero attached hydrogens (tertiary/aromatic N) is 1. The van der Waals surface area contributed by atoms with E-state index in [1.807, 2.05) is 7.05 Å². The monoisotopic (exact) mass is 190 g/mol. The Labute approximate surface area is 80.7 Å². The van der Waals surface area contributed by atoms with Crippen LogP contribution in [0.3, 0.4) is 0 Å². The third kappa shape index (κ3) is 8.18. The minimum atomic E-state index is -0.357. The molecule has 4 nitrogen and oxygen atoms in total. The fourth-order valence-electron chi connectivity index (χ4n) is 1.08. The maximum absolute atomic E-state index is 9.20. The van der Waals surface area contributed by atoms with Gasteiger partial charge in [0, 0.05) is 33.4 Å². The van der Waals surface area contributed by atoms with Gasteiger partial charge in [0.1, 0.15) is 0 Å². The van der Waals surface area contributed by atoms with E-state index in [2.05, 4.69) is 4.90 Å². The highest BCUT2D eigenvalue weighted by atomic mass is 16.5. The van der Waals surface area contributed by atoms with Gasteiger partial charge in [-0.3, -0.25) is 0 Å². The molecule has 0 heterocycles. The van der Waals surface area contributed by atoms with E-state index in [-0.39, 0.29) is 6.10 Å². The quantitative estimate of drug-likeness (QED) is 0.514. The summed E-state index contributed by atoms with van der Waals surface area (Å²) in [6.45, 7) is 3.04. The van der Waals surface area contributed by atoms with Crippen LogP contribution in [-0.4, -0.2) is 56.5 Å². The number of hydrogen-bond acceptors (Lipinski definition) is 4. The van der Waals surface area contributed by atoms with Gasteiger partial charge in [0.25, 0.3) is 0 Å². The molecule has 0 saturated heterocycles. The van der Waals surface area contributed by atoms with Gasteiger partial charge in [-0.25, -0.2) is 0 Å². The highest BCUT2D eigenvalue weighted by molar-refractivity contribution is 4.59. The predicted octanol–water partition coefficient (Wildman–Crippen LogP) is -0.336. The summed E-state index contributed by atoms with van der Waals surface area (Å²) in [5.41, 5.74) is 5.29. The van der Waals surface area contributed by atoms with Gasteiger partial charge in [-0.05, 0) is 19.9 Å². The first-order valence-corrected chi connectivity index (χ1v) is 4.76. The normalized spacial score (nSPS) is 13.6. The number of methoxy groups -OCH3 is 1. The fourth-order valence-corrected chi connectivity index (χ4v) is 1.08. The van der Waals surface area contributed by atoms with Crippen LogP contribution < -0.4 is 5.73 Å². The van der Waals surface area contributed by atoms with Gasteiger partial charge in [0.05, 0.1) is 6.10 Å². The molecule has 3 N–H and O–H groups in total. The van der Waals surface area contributed by atoms with Crippen molar-refractivity contribution in [1.82, 2.24) is 4.90 Å². The van der Waals surface area contributed by atoms with Gasteiger partial charge in [0.2, 0.25) is 0 Å². The van der Waals surface area contributed by atoms with Gasteiger partial charge >= 0.3 is 0 Å². The lowest BCUT2D eigenvalue weighted by Crippen LogP contribution is -2.28. The van der Waals surface area contributed by atoms with E-state index in [4.69, 9.17) is 10.5 Å². The number of aliphatic hydroxyl groups is 1. The zero-order chi connectivity index (χ0) is 10.1. The SMILES string of the molecule is COCCCN(C)CCC(O)CN. The van der Waals surface area contributed by atoms with E-state index in [1.54, 1.807) is 7.11 Å². The molecule has 13 heavy (non-hydrogen) atoms. The second-order valence-electron chi connectivity index (χ2n) is 3.33. The predicted molar refractivity (Wildman–Crippen MR) is 53.7 cm³/mol. The van der Waals surface area contributed by atoms with Crippen LogP contribution in [0.1, 0.15) is 12.8 Å². The Balaban J connectivity index is 3.24. The van der Waals surface area contributed by atoms with Crippen LogP contribution in [0, 0.1) is 0 Å². The summed E-state index contributed by atoms with van der Waals surface area (Å²) in [6, 6.07) is 0. The van der Waals surface area contributed by atoms with Crippen molar-refractivity contribution < 1.29 is 9.84 Å². The molecule has 0 spiro atoms. The summed E-state index contributed by atoms with van der Waals surface area (Å²) in [6.07, 6.45) is 1.43. The molecule has 0 aromatic carbocycles. The van der Waals surface area contributed by atoms with Crippen LogP contribution in [-0.2, 0) is 4.74 Å². The van der Waals surface area contributed by atoms with Crippen molar-refractivity contribution >= 4 is 0 Å². The van der Waals surface area contributed by atoms with Crippen molar-refractivity contribution in [3.05, 3.63) is 0 Å². The molecule has 0 fully saturated rings. The molecule has 1 atom stereocenters. The molecule has 80 valence electrons. The Kier molecular flexibility index (Phi) is 8.33. The van der Waals surface area contributed by atoms with E-state index < -0.39 is 0 Å². The van der Waals surface area contributed by atoms with Crippen molar-refractivity contribution in [2.45, 2.75) is 18.9 Å². The largest absolute Gasteiger partial charge is 0.392 e. The van der Waals surface area contributed by atoms with Gasteiger partial charge < -0.3 is 20.5 Å². The zero-order valence-electron chi connectivity index (χ0n) is 8.70. The van der Waals surface area contributed by atoms with E-state index in [0.29, 0.717) is 6.54 Å². The summed E-state index contributed by atoms with van der Waals surface area (Å²) in [7, 11) is 3.75. The summed E-state index contributed by atoms with van der Waals surface area (Å²) >= 11 is 0. The van der Waals surface area contributed by atoms with E-state index in [9.17, 15) is 5.11 Å². The molecular formula is C9H22N2O2. The molecule has 0 amide bonds. The minimum absolute atomic E-state index is 0.353. The Hall–Kier alpha value is -0.160. The third-order valence-electron chi connectivity index (χ3n) is 2.00. The van der Waals surface area contributed by atoms with Crippen LogP contribution in [0.2, 0.25) is 0 Å². The van der Waals surface area contributed by atoms with E-state index in [0.717, 1.165) is 32.5 Å². The topological polar surface area (TPSA) is 58.7 Å². The Morgan fingerprint density at radius 2 is 2.15 bits per heavy atom. The first kappa shape index (κ1) is 12.8. The van der Waals surface area contributed by atoms with Gasteiger partial charge in [0.15, 0.2) is 0 Å². The Morgan fingerprint density at radius 3 is 2.69 bits per heavy atom. The van der Waals surface area contributed by atoms with Crippen LogP contribution in [0.5, 0.6) is 0 Å². The second-order valence-corrected chi connectivity index (χ2v) is 3.33. The van der Waals surface area contributed by atoms with Crippen molar-refractivity contribution in [1.29, 1.82) is 0 Å². The summed E-state index contributed by atoms with van der Waals surface area (Å²) < 4.78 is 4.94. The number of aliphatic hydroxyl groups excluding tert-OH is 1. The molecule has 0 aromatic heterocycles. The number of ether oxygens (including phenoxy) is 1. The standard InChI is InChI=1S/C9H22N2O2/c1-11(5-3-7-13-2)6-4-9(12)8-10/h9,12H,3-8,10H2,1-2H3. The maximum atomic E-state index is 9.20. The lowest BCUT2D eigenvalue weighted by atomic mass is 10.2. The van der Waals surface area contributed by atoms with Crippen LogP contribution in [0.25, 0.3) is 0 Å². The molecule has 0 aliphatic rings. The molecule has 1 unspecified atom stereocenters. The van der Waals surface area contributed by atoms with Gasteiger partial charge in [-0.1, -0.05) is 0 Å². The smallest absolute Gasteiger partial charge is 0.0674 e. The first-order valence-electron chi connectivity index (χ1n) is 4.76. The van der Waals surface area contributed by atoms with Crippen molar-refractivity contribution in [3.63, 3.8) is 0 Å². The second kappa shape index (κ2) is 8.44. The molecule has 0 bridgehead atoms. The molecule has 0 rings (SSSR count). The van der Waals surface area contributed by atoms with Crippen molar-refractivity contribution in [2.75, 3.05) is 40.4 Å². The van der Waals surface area contributed by atoms with Crippen molar-refractivity contribution in [3.8, 4) is 0 Å². The highest BCUT2D eigenvalue weighted by Crippen LogP contribution is 1.94. The van der Waals surface area contributed by atoms with Gasteiger partial charge in [-0.15, -0.1) is 0 Å². The highest BCUT2D eigenvalue weighted by Gasteiger charge is 2.03. The molecule has 0 aliphatic heterocycles. The van der Waals surface area contributed by atoms with E-state index in [1.165, 1.54) is 0 Å². The van der Waals surface area contributed by atoms with Crippen LogP contribution >= 0.6 is 0 Å². The van der Waals surface area contributed by atoms with Crippen molar-refractivity contribution in [2.24, 2.45) is 5.73 Å². The molecule has 0 saturated carbocycles. The Bertz CT molecular complexity index is 112. The zero-order valence-corrected chi connectivity index (χ0v) is 8.70.